The van der Waals surface area contributed by atoms with Crippen LogP contribution in [0.25, 0.3) is 0 Å². The summed E-state index contributed by atoms with van der Waals surface area (Å²) in [5.74, 6) is 0.984. The second-order valence-electron chi connectivity index (χ2n) is 6.52. The van der Waals surface area contributed by atoms with Gasteiger partial charge in [0.2, 0.25) is 5.01 Å². The van der Waals surface area contributed by atoms with Crippen molar-refractivity contribution in [3.8, 4) is 5.75 Å². The number of carbonyl (C=O) groups is 1. The maximum absolute atomic E-state index is 12.4. The number of aromatic nitrogens is 2. The van der Waals surface area contributed by atoms with Crippen LogP contribution in [0.5, 0.6) is 5.75 Å². The molecular weight excluding hydrogens is 360 g/mol. The lowest BCUT2D eigenvalue weighted by molar-refractivity contribution is 0.102. The molecule has 0 aliphatic carbocycles. The van der Waals surface area contributed by atoms with Crippen LogP contribution in [-0.4, -0.2) is 29.8 Å². The summed E-state index contributed by atoms with van der Waals surface area (Å²) < 4.78 is 5.12. The quantitative estimate of drug-likeness (QED) is 0.727. The van der Waals surface area contributed by atoms with Gasteiger partial charge in [0.15, 0.2) is 0 Å². The zero-order valence-electron chi connectivity index (χ0n) is 15.2. The van der Waals surface area contributed by atoms with Crippen molar-refractivity contribution in [1.82, 2.24) is 10.2 Å². The van der Waals surface area contributed by atoms with Gasteiger partial charge in [-0.25, -0.2) is 0 Å². The minimum absolute atomic E-state index is 0.251. The Morgan fingerprint density at radius 3 is 2.78 bits per heavy atom. The van der Waals surface area contributed by atoms with Gasteiger partial charge in [0, 0.05) is 23.8 Å². The van der Waals surface area contributed by atoms with Crippen molar-refractivity contribution in [2.24, 2.45) is 0 Å². The predicted octanol–water partition coefficient (Wildman–Crippen LogP) is 3.92. The summed E-state index contributed by atoms with van der Waals surface area (Å²) >= 11 is 1.33. The highest BCUT2D eigenvalue weighted by Crippen LogP contribution is 2.36. The number of benzene rings is 2. The molecule has 1 aliphatic rings. The third-order valence-corrected chi connectivity index (χ3v) is 5.54. The predicted molar refractivity (Wildman–Crippen MR) is 107 cm³/mol. The van der Waals surface area contributed by atoms with Crippen molar-refractivity contribution in [1.29, 1.82) is 0 Å². The molecule has 3 aromatic rings. The number of ether oxygens (including phenoxy) is 1. The zero-order valence-corrected chi connectivity index (χ0v) is 16.0. The fraction of sp³-hybridized carbons (Fsp3) is 0.250. The number of hydrogen-bond donors (Lipinski definition) is 1. The molecule has 138 valence electrons. The van der Waals surface area contributed by atoms with E-state index in [-0.39, 0.29) is 5.91 Å². The molecule has 1 unspecified atom stereocenters. The Kier molecular flexibility index (Phi) is 4.77. The molecule has 27 heavy (non-hydrogen) atoms. The van der Waals surface area contributed by atoms with Crippen molar-refractivity contribution < 1.29 is 9.53 Å². The van der Waals surface area contributed by atoms with Gasteiger partial charge < -0.3 is 15.0 Å². The summed E-state index contributed by atoms with van der Waals surface area (Å²) in [4.78, 5) is 14.7. The third-order valence-electron chi connectivity index (χ3n) is 4.64. The SMILES string of the molecule is COc1ccc(NC(=O)c2nnc(CN3CC(C)c4ccccc43)s2)cc1. The largest absolute Gasteiger partial charge is 0.497 e. The smallest absolute Gasteiger partial charge is 0.286 e. The van der Waals surface area contributed by atoms with Crippen LogP contribution >= 0.6 is 11.3 Å². The molecule has 1 amide bonds. The fourth-order valence-corrected chi connectivity index (χ4v) is 4.05. The summed E-state index contributed by atoms with van der Waals surface area (Å²) in [6, 6.07) is 15.6. The molecule has 0 radical (unpaired) electrons. The lowest BCUT2D eigenvalue weighted by atomic mass is 10.0. The molecule has 0 bridgehead atoms. The van der Waals surface area contributed by atoms with Gasteiger partial charge in [0.1, 0.15) is 10.8 Å². The molecule has 0 saturated heterocycles. The van der Waals surface area contributed by atoms with Gasteiger partial charge in [0.05, 0.1) is 13.7 Å². The summed E-state index contributed by atoms with van der Waals surface area (Å²) in [6.07, 6.45) is 0. The molecule has 0 fully saturated rings. The number of fused-ring (bicyclic) bond motifs is 1. The Balaban J connectivity index is 1.43. The number of anilines is 2. The second kappa shape index (κ2) is 7.36. The first kappa shape index (κ1) is 17.5. The van der Waals surface area contributed by atoms with Crippen LogP contribution in [0.15, 0.2) is 48.5 Å². The van der Waals surface area contributed by atoms with Gasteiger partial charge in [-0.1, -0.05) is 36.5 Å². The van der Waals surface area contributed by atoms with Crippen LogP contribution in [0.1, 0.15) is 33.2 Å². The summed E-state index contributed by atoms with van der Waals surface area (Å²) in [7, 11) is 1.61. The van der Waals surface area contributed by atoms with Gasteiger partial charge in [-0.05, 0) is 35.9 Å². The van der Waals surface area contributed by atoms with E-state index in [0.717, 1.165) is 17.3 Å². The lowest BCUT2D eigenvalue weighted by Gasteiger charge is -2.17. The Morgan fingerprint density at radius 2 is 2.00 bits per heavy atom. The number of methoxy groups -OCH3 is 1. The first-order valence-corrected chi connectivity index (χ1v) is 9.57. The first-order valence-electron chi connectivity index (χ1n) is 8.75. The van der Waals surface area contributed by atoms with Gasteiger partial charge in [0.25, 0.3) is 5.91 Å². The third kappa shape index (κ3) is 3.64. The average molecular weight is 380 g/mol. The molecule has 6 nitrogen and oxygen atoms in total. The van der Waals surface area contributed by atoms with E-state index in [1.54, 1.807) is 31.4 Å². The number of rotatable bonds is 5. The zero-order chi connectivity index (χ0) is 18.8. The van der Waals surface area contributed by atoms with Crippen LogP contribution in [0.4, 0.5) is 11.4 Å². The van der Waals surface area contributed by atoms with E-state index >= 15 is 0 Å². The summed E-state index contributed by atoms with van der Waals surface area (Å²) in [5.41, 5.74) is 3.30. The maximum Gasteiger partial charge on any atom is 0.286 e. The monoisotopic (exact) mass is 380 g/mol. The first-order chi connectivity index (χ1) is 13.1. The molecule has 1 N–H and O–H groups in total. The van der Waals surface area contributed by atoms with E-state index in [0.29, 0.717) is 23.2 Å². The number of carbonyl (C=O) groups excluding carboxylic acids is 1. The Bertz CT molecular complexity index is 955. The summed E-state index contributed by atoms with van der Waals surface area (Å²) in [6.45, 7) is 3.84. The van der Waals surface area contributed by atoms with Crippen LogP contribution in [0, 0.1) is 0 Å². The van der Waals surface area contributed by atoms with Gasteiger partial charge in [-0.2, -0.15) is 0 Å². The molecule has 7 heteroatoms. The normalized spacial score (nSPS) is 15.5. The van der Waals surface area contributed by atoms with Crippen LogP contribution in [0.2, 0.25) is 0 Å². The van der Waals surface area contributed by atoms with Gasteiger partial charge in [-0.3, -0.25) is 4.79 Å². The standard InChI is InChI=1S/C20H20N4O2S/c1-13-11-24(17-6-4-3-5-16(13)17)12-18-22-23-20(27-18)19(25)21-14-7-9-15(26-2)10-8-14/h3-10,13H,11-12H2,1-2H3,(H,21,25). The van der Waals surface area contributed by atoms with Crippen molar-refractivity contribution >= 4 is 28.6 Å². The Morgan fingerprint density at radius 1 is 1.22 bits per heavy atom. The molecule has 1 atom stereocenters. The van der Waals surface area contributed by atoms with E-state index in [1.807, 2.05) is 0 Å². The molecule has 0 spiro atoms. The minimum atomic E-state index is -0.251. The van der Waals surface area contributed by atoms with Crippen molar-refractivity contribution in [3.63, 3.8) is 0 Å². The molecule has 0 saturated carbocycles. The number of para-hydroxylation sites is 1. The van der Waals surface area contributed by atoms with E-state index in [9.17, 15) is 4.79 Å². The van der Waals surface area contributed by atoms with Gasteiger partial charge >= 0.3 is 0 Å². The topological polar surface area (TPSA) is 67.3 Å². The van der Waals surface area contributed by atoms with Gasteiger partial charge in [-0.15, -0.1) is 10.2 Å². The number of hydrogen-bond acceptors (Lipinski definition) is 6. The van der Waals surface area contributed by atoms with E-state index in [1.165, 1.54) is 22.6 Å². The van der Waals surface area contributed by atoms with E-state index in [4.69, 9.17) is 4.74 Å². The van der Waals surface area contributed by atoms with Crippen molar-refractivity contribution in [2.75, 3.05) is 23.9 Å². The van der Waals surface area contributed by atoms with Crippen LogP contribution < -0.4 is 15.0 Å². The lowest BCUT2D eigenvalue weighted by Crippen LogP contribution is -2.20. The van der Waals surface area contributed by atoms with Crippen LogP contribution in [0.3, 0.4) is 0 Å². The highest BCUT2D eigenvalue weighted by atomic mass is 32.1. The summed E-state index contributed by atoms with van der Waals surface area (Å²) in [5, 5.41) is 12.3. The molecule has 2 aromatic carbocycles. The van der Waals surface area contributed by atoms with Crippen LogP contribution in [-0.2, 0) is 6.54 Å². The number of nitrogens with one attached hydrogen (secondary N) is 1. The molecule has 2 heterocycles. The fourth-order valence-electron chi connectivity index (χ4n) is 3.30. The molecule has 1 aromatic heterocycles. The van der Waals surface area contributed by atoms with Crippen molar-refractivity contribution in [2.45, 2.75) is 19.4 Å². The maximum atomic E-state index is 12.4. The van der Waals surface area contributed by atoms with Crippen molar-refractivity contribution in [3.05, 3.63) is 64.1 Å². The van der Waals surface area contributed by atoms with E-state index in [2.05, 4.69) is 51.6 Å². The molecule has 4 rings (SSSR count). The highest BCUT2D eigenvalue weighted by molar-refractivity contribution is 7.13. The minimum Gasteiger partial charge on any atom is -0.497 e. The van der Waals surface area contributed by atoms with E-state index < -0.39 is 0 Å². The average Bonchev–Trinajstić information content (AvgIpc) is 3.28. The number of nitrogens with zero attached hydrogens (tertiary/aromatic N) is 3. The Labute approximate surface area is 161 Å². The second-order valence-corrected chi connectivity index (χ2v) is 7.59. The molecule has 1 aliphatic heterocycles. The number of amides is 1. The molecular formula is C20H20N4O2S. The highest BCUT2D eigenvalue weighted by Gasteiger charge is 2.26. The Hall–Kier alpha value is -2.93.